The summed E-state index contributed by atoms with van der Waals surface area (Å²) in [5.74, 6) is -1.92. The molecule has 88 valence electrons. The van der Waals surface area contributed by atoms with Gasteiger partial charge in [-0.25, -0.2) is 9.18 Å². The number of hydrogen-bond donors (Lipinski definition) is 1. The van der Waals surface area contributed by atoms with Crippen LogP contribution in [0.1, 0.15) is 10.4 Å². The van der Waals surface area contributed by atoms with Crippen LogP contribution in [0.4, 0.5) is 4.39 Å². The van der Waals surface area contributed by atoms with Crippen molar-refractivity contribution in [1.29, 1.82) is 0 Å². The molecule has 16 heavy (non-hydrogen) atoms. The first-order valence-electron chi connectivity index (χ1n) is 4.40. The van der Waals surface area contributed by atoms with Crippen molar-refractivity contribution in [3.05, 3.63) is 28.0 Å². The average Bonchev–Trinajstić information content (AvgIpc) is 2.21. The lowest BCUT2D eigenvalue weighted by Gasteiger charge is -2.09. The molecular formula is C10H10BrFO4. The van der Waals surface area contributed by atoms with E-state index in [0.29, 0.717) is 6.61 Å². The van der Waals surface area contributed by atoms with Crippen molar-refractivity contribution in [3.8, 4) is 5.75 Å². The van der Waals surface area contributed by atoms with Gasteiger partial charge in [-0.3, -0.25) is 0 Å². The largest absolute Gasteiger partial charge is 0.487 e. The van der Waals surface area contributed by atoms with Crippen LogP contribution in [0.15, 0.2) is 16.6 Å². The van der Waals surface area contributed by atoms with Crippen LogP contribution in [-0.4, -0.2) is 31.4 Å². The lowest BCUT2D eigenvalue weighted by Crippen LogP contribution is -2.07. The van der Waals surface area contributed by atoms with Gasteiger partial charge in [-0.1, -0.05) is 0 Å². The Bertz CT molecular complexity index is 371. The van der Waals surface area contributed by atoms with E-state index in [1.807, 2.05) is 0 Å². The maximum Gasteiger partial charge on any atom is 0.335 e. The molecule has 0 heterocycles. The first kappa shape index (κ1) is 12.9. The highest BCUT2D eigenvalue weighted by atomic mass is 79.9. The van der Waals surface area contributed by atoms with Gasteiger partial charge in [0, 0.05) is 7.11 Å². The average molecular weight is 293 g/mol. The Morgan fingerprint density at radius 3 is 2.69 bits per heavy atom. The van der Waals surface area contributed by atoms with Crippen LogP contribution in [0.25, 0.3) is 0 Å². The van der Waals surface area contributed by atoms with E-state index in [1.165, 1.54) is 13.2 Å². The SMILES string of the molecule is COCCOc1c(F)cc(C(=O)O)cc1Br. The Kier molecular flexibility index (Phi) is 4.70. The van der Waals surface area contributed by atoms with Gasteiger partial charge in [0.2, 0.25) is 0 Å². The number of carboxylic acid groups (broad SMARTS) is 1. The maximum atomic E-state index is 13.4. The maximum absolute atomic E-state index is 13.4. The van der Waals surface area contributed by atoms with Gasteiger partial charge in [0.1, 0.15) is 6.61 Å². The number of rotatable bonds is 5. The minimum absolute atomic E-state index is 0.0120. The molecule has 1 N–H and O–H groups in total. The number of aromatic carboxylic acids is 1. The third-order valence-corrected chi connectivity index (χ3v) is 2.37. The Morgan fingerprint density at radius 2 is 2.19 bits per heavy atom. The molecule has 0 saturated carbocycles. The van der Waals surface area contributed by atoms with Crippen LogP contribution in [0.3, 0.4) is 0 Å². The van der Waals surface area contributed by atoms with E-state index in [-0.39, 0.29) is 22.4 Å². The minimum atomic E-state index is -1.19. The van der Waals surface area contributed by atoms with Gasteiger partial charge in [0.15, 0.2) is 11.6 Å². The highest BCUT2D eigenvalue weighted by Crippen LogP contribution is 2.29. The molecule has 0 amide bonds. The van der Waals surface area contributed by atoms with Gasteiger partial charge in [-0.15, -0.1) is 0 Å². The van der Waals surface area contributed by atoms with E-state index in [9.17, 15) is 9.18 Å². The van der Waals surface area contributed by atoms with E-state index in [1.54, 1.807) is 0 Å². The van der Waals surface area contributed by atoms with E-state index in [2.05, 4.69) is 15.9 Å². The second-order valence-electron chi connectivity index (χ2n) is 2.92. The number of halogens is 2. The van der Waals surface area contributed by atoms with Gasteiger partial charge < -0.3 is 14.6 Å². The zero-order valence-corrected chi connectivity index (χ0v) is 10.1. The molecule has 0 spiro atoms. The molecule has 0 saturated heterocycles. The summed E-state index contributed by atoms with van der Waals surface area (Å²) in [6, 6.07) is 2.20. The molecule has 0 radical (unpaired) electrons. The van der Waals surface area contributed by atoms with Gasteiger partial charge >= 0.3 is 5.97 Å². The highest BCUT2D eigenvalue weighted by molar-refractivity contribution is 9.10. The summed E-state index contributed by atoms with van der Waals surface area (Å²) in [6.07, 6.45) is 0. The molecule has 1 aromatic rings. The number of benzene rings is 1. The summed E-state index contributed by atoms with van der Waals surface area (Å²) in [5.41, 5.74) is -0.136. The zero-order chi connectivity index (χ0) is 12.1. The summed E-state index contributed by atoms with van der Waals surface area (Å²) in [4.78, 5) is 10.6. The Hall–Kier alpha value is -1.14. The predicted molar refractivity (Wildman–Crippen MR) is 58.4 cm³/mol. The van der Waals surface area contributed by atoms with Gasteiger partial charge in [0.05, 0.1) is 16.6 Å². The van der Waals surface area contributed by atoms with E-state index < -0.39 is 11.8 Å². The Balaban J connectivity index is 2.89. The number of carbonyl (C=O) groups is 1. The quantitative estimate of drug-likeness (QED) is 0.846. The smallest absolute Gasteiger partial charge is 0.335 e. The monoisotopic (exact) mass is 292 g/mol. The molecule has 1 aromatic carbocycles. The summed E-state index contributed by atoms with van der Waals surface area (Å²) in [6.45, 7) is 0.519. The van der Waals surface area contributed by atoms with E-state index in [0.717, 1.165) is 6.07 Å². The minimum Gasteiger partial charge on any atom is -0.487 e. The van der Waals surface area contributed by atoms with Crippen LogP contribution in [0, 0.1) is 5.82 Å². The van der Waals surface area contributed by atoms with Crippen LogP contribution >= 0.6 is 15.9 Å². The predicted octanol–water partition coefficient (Wildman–Crippen LogP) is 2.31. The molecule has 0 aromatic heterocycles. The lowest BCUT2D eigenvalue weighted by molar-refractivity contribution is 0.0696. The van der Waals surface area contributed by atoms with Crippen molar-refractivity contribution >= 4 is 21.9 Å². The molecule has 6 heteroatoms. The van der Waals surface area contributed by atoms with Crippen LogP contribution in [-0.2, 0) is 4.74 Å². The van der Waals surface area contributed by atoms with Gasteiger partial charge in [0.25, 0.3) is 0 Å². The van der Waals surface area contributed by atoms with Crippen molar-refractivity contribution in [2.75, 3.05) is 20.3 Å². The molecule has 0 bridgehead atoms. The Morgan fingerprint density at radius 1 is 1.50 bits per heavy atom. The summed E-state index contributed by atoms with van der Waals surface area (Å²) < 4.78 is 23.6. The lowest BCUT2D eigenvalue weighted by atomic mass is 10.2. The van der Waals surface area contributed by atoms with Crippen molar-refractivity contribution in [2.24, 2.45) is 0 Å². The van der Waals surface area contributed by atoms with Crippen LogP contribution in [0.5, 0.6) is 5.75 Å². The molecular weight excluding hydrogens is 283 g/mol. The van der Waals surface area contributed by atoms with Crippen molar-refractivity contribution in [3.63, 3.8) is 0 Å². The van der Waals surface area contributed by atoms with E-state index in [4.69, 9.17) is 14.6 Å². The number of carboxylic acids is 1. The molecule has 4 nitrogen and oxygen atoms in total. The zero-order valence-electron chi connectivity index (χ0n) is 8.50. The highest BCUT2D eigenvalue weighted by Gasteiger charge is 2.14. The second-order valence-corrected chi connectivity index (χ2v) is 3.77. The first-order valence-corrected chi connectivity index (χ1v) is 5.19. The summed E-state index contributed by atoms with van der Waals surface area (Å²) >= 11 is 3.05. The van der Waals surface area contributed by atoms with Crippen molar-refractivity contribution < 1.29 is 23.8 Å². The topological polar surface area (TPSA) is 55.8 Å². The fourth-order valence-corrected chi connectivity index (χ4v) is 1.60. The number of hydrogen-bond acceptors (Lipinski definition) is 3. The van der Waals surface area contributed by atoms with Gasteiger partial charge in [-0.05, 0) is 28.1 Å². The van der Waals surface area contributed by atoms with Crippen LogP contribution < -0.4 is 4.74 Å². The molecule has 0 aliphatic heterocycles. The molecule has 1 rings (SSSR count). The fraction of sp³-hybridized carbons (Fsp3) is 0.300. The normalized spacial score (nSPS) is 10.2. The summed E-state index contributed by atoms with van der Waals surface area (Å²) in [7, 11) is 1.50. The molecule has 0 atom stereocenters. The van der Waals surface area contributed by atoms with E-state index >= 15 is 0 Å². The Labute approximate surface area is 100 Å². The van der Waals surface area contributed by atoms with Crippen molar-refractivity contribution in [1.82, 2.24) is 0 Å². The van der Waals surface area contributed by atoms with Gasteiger partial charge in [-0.2, -0.15) is 0 Å². The standard InChI is InChI=1S/C10H10BrFO4/c1-15-2-3-16-9-7(11)4-6(10(13)14)5-8(9)12/h4-5H,2-3H2,1H3,(H,13,14). The number of methoxy groups -OCH3 is 1. The summed E-state index contributed by atoms with van der Waals surface area (Å²) in [5, 5.41) is 8.69. The second kappa shape index (κ2) is 5.81. The van der Waals surface area contributed by atoms with Crippen molar-refractivity contribution in [2.45, 2.75) is 0 Å². The molecule has 0 aliphatic carbocycles. The first-order chi connectivity index (χ1) is 7.56. The van der Waals surface area contributed by atoms with Crippen LogP contribution in [0.2, 0.25) is 0 Å². The molecule has 0 aliphatic rings. The number of ether oxygens (including phenoxy) is 2. The third kappa shape index (κ3) is 3.18. The molecule has 0 fully saturated rings. The third-order valence-electron chi connectivity index (χ3n) is 1.78. The fourth-order valence-electron chi connectivity index (χ4n) is 1.05. The molecule has 0 unspecified atom stereocenters.